The first-order valence-electron chi connectivity index (χ1n) is 7.79. The van der Waals surface area contributed by atoms with Crippen molar-refractivity contribution < 1.29 is 9.53 Å². The van der Waals surface area contributed by atoms with Gasteiger partial charge in [0.2, 0.25) is 0 Å². The molecular formula is C19H18Cl2O2. The van der Waals surface area contributed by atoms with Crippen LogP contribution < -0.4 is 0 Å². The molecule has 0 spiro atoms. The van der Waals surface area contributed by atoms with Crippen LogP contribution in [0.4, 0.5) is 0 Å². The Balaban J connectivity index is 1.85. The monoisotopic (exact) mass is 348 g/mol. The summed E-state index contributed by atoms with van der Waals surface area (Å²) in [6.45, 7) is 0.727. The number of ether oxygens (including phenoxy) is 1. The number of carbonyl (C=O) groups excluding carboxylic acids is 1. The van der Waals surface area contributed by atoms with Crippen LogP contribution in [0.2, 0.25) is 10.0 Å². The molecule has 0 aromatic heterocycles. The number of hydrogen-bond acceptors (Lipinski definition) is 2. The van der Waals surface area contributed by atoms with Crippen LogP contribution in [0.25, 0.3) is 0 Å². The first kappa shape index (κ1) is 16.5. The van der Waals surface area contributed by atoms with Crippen LogP contribution in [0.15, 0.2) is 48.5 Å². The molecule has 3 rings (SSSR count). The van der Waals surface area contributed by atoms with Gasteiger partial charge >= 0.3 is 0 Å². The third kappa shape index (κ3) is 4.14. The number of hydrogen-bond donors (Lipinski definition) is 0. The Morgan fingerprint density at radius 1 is 1.13 bits per heavy atom. The van der Waals surface area contributed by atoms with Gasteiger partial charge in [-0.2, -0.15) is 0 Å². The molecule has 0 aliphatic carbocycles. The minimum Gasteiger partial charge on any atom is -0.377 e. The lowest BCUT2D eigenvalue weighted by molar-refractivity contribution is 0.0509. The van der Waals surface area contributed by atoms with E-state index < -0.39 is 0 Å². The maximum absolute atomic E-state index is 13.0. The molecular weight excluding hydrogens is 331 g/mol. The van der Waals surface area contributed by atoms with Crippen LogP contribution >= 0.6 is 23.2 Å². The molecule has 0 bridgehead atoms. The molecule has 2 aromatic rings. The molecule has 1 aliphatic heterocycles. The van der Waals surface area contributed by atoms with E-state index in [0.29, 0.717) is 22.0 Å². The van der Waals surface area contributed by atoms with Crippen LogP contribution in [0.3, 0.4) is 0 Å². The van der Waals surface area contributed by atoms with E-state index in [-0.39, 0.29) is 17.8 Å². The summed E-state index contributed by atoms with van der Waals surface area (Å²) >= 11 is 12.0. The maximum Gasteiger partial charge on any atom is 0.168 e. The van der Waals surface area contributed by atoms with E-state index in [1.54, 1.807) is 12.1 Å². The van der Waals surface area contributed by atoms with Gasteiger partial charge in [0.15, 0.2) is 5.78 Å². The average Bonchev–Trinajstić information content (AvgIpc) is 3.08. The van der Waals surface area contributed by atoms with Crippen molar-refractivity contribution in [3.05, 3.63) is 69.7 Å². The van der Waals surface area contributed by atoms with E-state index in [2.05, 4.69) is 0 Å². The molecule has 0 N–H and O–H groups in total. The zero-order valence-electron chi connectivity index (χ0n) is 12.7. The predicted octanol–water partition coefficient (Wildman–Crippen LogP) is 5.21. The van der Waals surface area contributed by atoms with Crippen LogP contribution in [-0.4, -0.2) is 18.5 Å². The van der Waals surface area contributed by atoms with Gasteiger partial charge in [-0.15, -0.1) is 0 Å². The highest BCUT2D eigenvalue weighted by Gasteiger charge is 2.32. The highest BCUT2D eigenvalue weighted by atomic mass is 35.5. The van der Waals surface area contributed by atoms with Crippen LogP contribution in [0, 0.1) is 5.92 Å². The number of rotatable bonds is 5. The van der Waals surface area contributed by atoms with E-state index >= 15 is 0 Å². The topological polar surface area (TPSA) is 26.3 Å². The third-order valence-corrected chi connectivity index (χ3v) is 4.72. The van der Waals surface area contributed by atoms with Gasteiger partial charge in [0.05, 0.1) is 12.0 Å². The highest BCUT2D eigenvalue weighted by Crippen LogP contribution is 2.28. The smallest absolute Gasteiger partial charge is 0.168 e. The van der Waals surface area contributed by atoms with Gasteiger partial charge in [-0.3, -0.25) is 4.79 Å². The Morgan fingerprint density at radius 3 is 2.57 bits per heavy atom. The lowest BCUT2D eigenvalue weighted by Crippen LogP contribution is -2.30. The quantitative estimate of drug-likeness (QED) is 0.693. The maximum atomic E-state index is 13.0. The normalized spacial score (nSPS) is 18.8. The lowest BCUT2D eigenvalue weighted by atomic mass is 9.86. The van der Waals surface area contributed by atoms with Crippen molar-refractivity contribution in [3.8, 4) is 0 Å². The number of halogens is 2. The van der Waals surface area contributed by atoms with Gasteiger partial charge in [0.1, 0.15) is 0 Å². The molecule has 4 heteroatoms. The summed E-state index contributed by atoms with van der Waals surface area (Å²) < 4.78 is 5.80. The van der Waals surface area contributed by atoms with E-state index in [9.17, 15) is 4.79 Å². The van der Waals surface area contributed by atoms with Crippen molar-refractivity contribution in [2.45, 2.75) is 25.4 Å². The summed E-state index contributed by atoms with van der Waals surface area (Å²) in [4.78, 5) is 13.0. The minimum atomic E-state index is -0.197. The fraction of sp³-hybridized carbons (Fsp3) is 0.316. The second-order valence-electron chi connectivity index (χ2n) is 5.86. The second kappa shape index (κ2) is 7.48. The Hall–Kier alpha value is -1.35. The fourth-order valence-corrected chi connectivity index (χ4v) is 3.36. The largest absolute Gasteiger partial charge is 0.377 e. The van der Waals surface area contributed by atoms with Crippen molar-refractivity contribution in [1.29, 1.82) is 0 Å². The zero-order chi connectivity index (χ0) is 16.2. The first-order valence-corrected chi connectivity index (χ1v) is 8.55. The van der Waals surface area contributed by atoms with E-state index in [4.69, 9.17) is 27.9 Å². The van der Waals surface area contributed by atoms with Crippen molar-refractivity contribution in [2.75, 3.05) is 6.61 Å². The van der Waals surface area contributed by atoms with Gasteiger partial charge < -0.3 is 4.74 Å². The molecule has 1 aliphatic rings. The molecule has 1 heterocycles. The van der Waals surface area contributed by atoms with Crippen molar-refractivity contribution in [2.24, 2.45) is 5.92 Å². The number of ketones is 1. The van der Waals surface area contributed by atoms with Crippen LogP contribution in [-0.2, 0) is 11.2 Å². The number of benzene rings is 2. The highest BCUT2D eigenvalue weighted by molar-refractivity contribution is 6.31. The summed E-state index contributed by atoms with van der Waals surface area (Å²) in [5.74, 6) is -0.105. The number of Topliss-reactive ketones (excluding diaryl/α,β-unsaturated/α-hetero) is 1. The molecule has 0 unspecified atom stereocenters. The summed E-state index contributed by atoms with van der Waals surface area (Å²) in [7, 11) is 0. The lowest BCUT2D eigenvalue weighted by Gasteiger charge is -2.22. The molecule has 2 nitrogen and oxygen atoms in total. The Bertz CT molecular complexity index is 676. The van der Waals surface area contributed by atoms with Gasteiger partial charge in [0.25, 0.3) is 0 Å². The van der Waals surface area contributed by atoms with Gasteiger partial charge in [-0.1, -0.05) is 47.5 Å². The third-order valence-electron chi connectivity index (χ3n) is 4.23. The SMILES string of the molecule is O=C(c1cccc(Cl)c1)[C@@H](Cc1ccc(Cl)cc1)[C@H]1CCCO1. The minimum absolute atomic E-state index is 0.0304. The first-order chi connectivity index (χ1) is 11.1. The Kier molecular flexibility index (Phi) is 5.37. The summed E-state index contributed by atoms with van der Waals surface area (Å²) in [5.41, 5.74) is 1.73. The van der Waals surface area contributed by atoms with Crippen molar-refractivity contribution >= 4 is 29.0 Å². The van der Waals surface area contributed by atoms with Crippen molar-refractivity contribution in [3.63, 3.8) is 0 Å². The molecule has 23 heavy (non-hydrogen) atoms. The van der Waals surface area contributed by atoms with E-state index in [0.717, 1.165) is 25.0 Å². The predicted molar refractivity (Wildman–Crippen MR) is 93.4 cm³/mol. The molecule has 0 radical (unpaired) electrons. The summed E-state index contributed by atoms with van der Waals surface area (Å²) in [6, 6.07) is 14.8. The van der Waals surface area contributed by atoms with E-state index in [1.165, 1.54) is 0 Å². The van der Waals surface area contributed by atoms with E-state index in [1.807, 2.05) is 36.4 Å². The molecule has 1 saturated heterocycles. The molecule has 120 valence electrons. The van der Waals surface area contributed by atoms with Crippen molar-refractivity contribution in [1.82, 2.24) is 0 Å². The Morgan fingerprint density at radius 2 is 1.91 bits per heavy atom. The molecule has 2 atom stereocenters. The van der Waals surface area contributed by atoms with Gasteiger partial charge in [-0.05, 0) is 49.1 Å². The molecule has 0 saturated carbocycles. The Labute approximate surface area is 146 Å². The van der Waals surface area contributed by atoms with Crippen LogP contribution in [0.1, 0.15) is 28.8 Å². The fourth-order valence-electron chi connectivity index (χ4n) is 3.04. The second-order valence-corrected chi connectivity index (χ2v) is 6.74. The number of carbonyl (C=O) groups is 1. The molecule has 1 fully saturated rings. The van der Waals surface area contributed by atoms with Gasteiger partial charge in [0, 0.05) is 22.2 Å². The van der Waals surface area contributed by atoms with Gasteiger partial charge in [-0.25, -0.2) is 0 Å². The average molecular weight is 349 g/mol. The van der Waals surface area contributed by atoms with Crippen LogP contribution in [0.5, 0.6) is 0 Å². The standard InChI is InChI=1S/C19H18Cl2O2/c20-15-8-6-13(7-9-15)11-17(18-5-2-10-23-18)19(22)14-3-1-4-16(21)12-14/h1,3-4,6-9,12,17-18H,2,5,10-11H2/t17-,18+/m0/s1. The summed E-state index contributed by atoms with van der Waals surface area (Å²) in [6.07, 6.45) is 2.54. The molecule has 0 amide bonds. The summed E-state index contributed by atoms with van der Waals surface area (Å²) in [5, 5.41) is 1.28. The zero-order valence-corrected chi connectivity index (χ0v) is 14.2. The molecule has 2 aromatic carbocycles.